The van der Waals surface area contributed by atoms with Gasteiger partial charge in [0, 0.05) is 12.7 Å². The molecule has 0 saturated heterocycles. The SMILES string of the molecule is CCCCCCCCCCCCCCCCCCSC(C)=O. The van der Waals surface area contributed by atoms with E-state index in [0.29, 0.717) is 0 Å². The van der Waals surface area contributed by atoms with Crippen LogP contribution in [0.15, 0.2) is 0 Å². The first-order valence-electron chi connectivity index (χ1n) is 9.90. The first kappa shape index (κ1) is 22.0. The second-order valence-electron chi connectivity index (χ2n) is 6.64. The molecule has 0 rings (SSSR count). The smallest absolute Gasteiger partial charge is 0.185 e. The third kappa shape index (κ3) is 20.0. The highest BCUT2D eigenvalue weighted by Gasteiger charge is 1.96. The van der Waals surface area contributed by atoms with Crippen LogP contribution in [0.2, 0.25) is 0 Å². The van der Waals surface area contributed by atoms with Crippen LogP contribution in [0.3, 0.4) is 0 Å². The van der Waals surface area contributed by atoms with E-state index in [1.807, 2.05) is 0 Å². The van der Waals surface area contributed by atoms with Gasteiger partial charge in [0.2, 0.25) is 0 Å². The summed E-state index contributed by atoms with van der Waals surface area (Å²) in [6.45, 7) is 3.95. The molecule has 0 unspecified atom stereocenters. The molecule has 0 bridgehead atoms. The largest absolute Gasteiger partial charge is 0.288 e. The molecular formula is C20H40OS. The fourth-order valence-electron chi connectivity index (χ4n) is 2.87. The fourth-order valence-corrected chi connectivity index (χ4v) is 3.50. The Morgan fingerprint density at radius 3 is 1.23 bits per heavy atom. The van der Waals surface area contributed by atoms with E-state index in [2.05, 4.69) is 6.92 Å². The summed E-state index contributed by atoms with van der Waals surface area (Å²) in [6, 6.07) is 0. The van der Waals surface area contributed by atoms with Gasteiger partial charge in [0.15, 0.2) is 5.12 Å². The molecule has 0 aromatic heterocycles. The first-order valence-corrected chi connectivity index (χ1v) is 10.9. The topological polar surface area (TPSA) is 17.1 Å². The van der Waals surface area contributed by atoms with Crippen LogP contribution in [-0.2, 0) is 4.79 Å². The Morgan fingerprint density at radius 1 is 0.591 bits per heavy atom. The lowest BCUT2D eigenvalue weighted by molar-refractivity contribution is -0.109. The lowest BCUT2D eigenvalue weighted by Gasteiger charge is -2.03. The maximum absolute atomic E-state index is 10.8. The van der Waals surface area contributed by atoms with Crippen molar-refractivity contribution < 1.29 is 4.79 Å². The van der Waals surface area contributed by atoms with E-state index < -0.39 is 0 Å². The van der Waals surface area contributed by atoms with Gasteiger partial charge in [0.1, 0.15) is 0 Å². The Balaban J connectivity index is 2.95. The van der Waals surface area contributed by atoms with Gasteiger partial charge in [0.05, 0.1) is 0 Å². The molecule has 0 aromatic rings. The van der Waals surface area contributed by atoms with E-state index in [1.54, 1.807) is 6.92 Å². The molecule has 0 saturated carbocycles. The Morgan fingerprint density at radius 2 is 0.909 bits per heavy atom. The van der Waals surface area contributed by atoms with Crippen molar-refractivity contribution in [2.75, 3.05) is 5.75 Å². The molecule has 0 aliphatic rings. The third-order valence-electron chi connectivity index (χ3n) is 4.30. The number of hydrogen-bond donors (Lipinski definition) is 0. The van der Waals surface area contributed by atoms with Crippen LogP contribution in [0.4, 0.5) is 0 Å². The van der Waals surface area contributed by atoms with Crippen LogP contribution in [0.1, 0.15) is 117 Å². The van der Waals surface area contributed by atoms with Crippen LogP contribution in [0, 0.1) is 0 Å². The number of thioether (sulfide) groups is 1. The van der Waals surface area contributed by atoms with Crippen molar-refractivity contribution in [3.05, 3.63) is 0 Å². The van der Waals surface area contributed by atoms with Gasteiger partial charge >= 0.3 is 0 Å². The van der Waals surface area contributed by atoms with Crippen LogP contribution in [0.5, 0.6) is 0 Å². The highest BCUT2D eigenvalue weighted by molar-refractivity contribution is 8.13. The van der Waals surface area contributed by atoms with Crippen molar-refractivity contribution in [3.8, 4) is 0 Å². The predicted molar refractivity (Wildman–Crippen MR) is 103 cm³/mol. The number of carbonyl (C=O) groups excluding carboxylic acids is 1. The van der Waals surface area contributed by atoms with Crippen molar-refractivity contribution in [3.63, 3.8) is 0 Å². The van der Waals surface area contributed by atoms with Crippen molar-refractivity contribution in [2.24, 2.45) is 0 Å². The molecule has 0 aromatic carbocycles. The van der Waals surface area contributed by atoms with E-state index in [0.717, 1.165) is 5.75 Å². The average molecular weight is 329 g/mol. The summed E-state index contributed by atoms with van der Waals surface area (Å²) < 4.78 is 0. The zero-order valence-corrected chi connectivity index (χ0v) is 16.2. The molecule has 132 valence electrons. The minimum Gasteiger partial charge on any atom is -0.288 e. The third-order valence-corrected chi connectivity index (χ3v) is 5.20. The minimum atomic E-state index is 0.265. The van der Waals surface area contributed by atoms with Crippen molar-refractivity contribution in [1.82, 2.24) is 0 Å². The lowest BCUT2D eigenvalue weighted by Crippen LogP contribution is -1.87. The number of carbonyl (C=O) groups is 1. The maximum Gasteiger partial charge on any atom is 0.185 e. The number of hydrogen-bond acceptors (Lipinski definition) is 2. The minimum absolute atomic E-state index is 0.265. The molecule has 0 N–H and O–H groups in total. The van der Waals surface area contributed by atoms with Gasteiger partial charge in [0.25, 0.3) is 0 Å². The molecule has 0 amide bonds. The van der Waals surface area contributed by atoms with Gasteiger partial charge < -0.3 is 0 Å². The molecular weight excluding hydrogens is 288 g/mol. The second-order valence-corrected chi connectivity index (χ2v) is 7.92. The first-order chi connectivity index (χ1) is 10.8. The molecule has 0 radical (unpaired) electrons. The van der Waals surface area contributed by atoms with Gasteiger partial charge in [-0.3, -0.25) is 4.79 Å². The molecule has 22 heavy (non-hydrogen) atoms. The Labute approximate surface area is 144 Å². The normalized spacial score (nSPS) is 11.0. The van der Waals surface area contributed by atoms with Crippen LogP contribution >= 0.6 is 11.8 Å². The van der Waals surface area contributed by atoms with Gasteiger partial charge in [-0.25, -0.2) is 0 Å². The zero-order valence-electron chi connectivity index (χ0n) is 15.3. The lowest BCUT2D eigenvalue weighted by atomic mass is 10.0. The van der Waals surface area contributed by atoms with Gasteiger partial charge in [-0.05, 0) is 6.42 Å². The van der Waals surface area contributed by atoms with E-state index in [9.17, 15) is 4.79 Å². The zero-order chi connectivity index (χ0) is 16.3. The fraction of sp³-hybridized carbons (Fsp3) is 0.950. The van der Waals surface area contributed by atoms with Gasteiger partial charge in [-0.1, -0.05) is 115 Å². The summed E-state index contributed by atoms with van der Waals surface area (Å²) in [4.78, 5) is 10.8. The summed E-state index contributed by atoms with van der Waals surface area (Å²) in [5.41, 5.74) is 0. The average Bonchev–Trinajstić information content (AvgIpc) is 2.50. The molecule has 2 heteroatoms. The van der Waals surface area contributed by atoms with Crippen LogP contribution in [-0.4, -0.2) is 10.9 Å². The van der Waals surface area contributed by atoms with Crippen LogP contribution in [0.25, 0.3) is 0 Å². The quantitative estimate of drug-likeness (QED) is 0.257. The number of rotatable bonds is 17. The Kier molecular flexibility index (Phi) is 19.1. The summed E-state index contributed by atoms with van der Waals surface area (Å²) in [5, 5.41) is 0.265. The summed E-state index contributed by atoms with van der Waals surface area (Å²) in [7, 11) is 0. The van der Waals surface area contributed by atoms with E-state index >= 15 is 0 Å². The van der Waals surface area contributed by atoms with Gasteiger partial charge in [-0.2, -0.15) is 0 Å². The molecule has 0 aliphatic carbocycles. The molecule has 1 nitrogen and oxygen atoms in total. The monoisotopic (exact) mass is 328 g/mol. The summed E-state index contributed by atoms with van der Waals surface area (Å²) in [5.74, 6) is 1.02. The molecule has 0 spiro atoms. The van der Waals surface area contributed by atoms with E-state index in [-0.39, 0.29) is 5.12 Å². The summed E-state index contributed by atoms with van der Waals surface area (Å²) >= 11 is 1.48. The summed E-state index contributed by atoms with van der Waals surface area (Å²) in [6.07, 6.45) is 22.5. The Bertz CT molecular complexity index is 228. The van der Waals surface area contributed by atoms with Gasteiger partial charge in [-0.15, -0.1) is 0 Å². The van der Waals surface area contributed by atoms with E-state index in [4.69, 9.17) is 0 Å². The van der Waals surface area contributed by atoms with Crippen molar-refractivity contribution >= 4 is 16.9 Å². The standard InChI is InChI=1S/C20H40OS/c1-3-4-5-6-7-8-9-10-11-12-13-14-15-16-17-18-19-22-20(2)21/h3-19H2,1-2H3. The molecule has 0 atom stereocenters. The number of unbranched alkanes of at least 4 members (excludes halogenated alkanes) is 15. The van der Waals surface area contributed by atoms with Crippen molar-refractivity contribution in [2.45, 2.75) is 117 Å². The molecule has 0 aliphatic heterocycles. The van der Waals surface area contributed by atoms with Crippen LogP contribution < -0.4 is 0 Å². The molecule has 0 heterocycles. The van der Waals surface area contributed by atoms with E-state index in [1.165, 1.54) is 114 Å². The maximum atomic E-state index is 10.8. The highest BCUT2D eigenvalue weighted by atomic mass is 32.2. The Hall–Kier alpha value is 0.0200. The molecule has 0 fully saturated rings. The van der Waals surface area contributed by atoms with Crippen molar-refractivity contribution in [1.29, 1.82) is 0 Å². The predicted octanol–water partition coefficient (Wildman–Crippen LogP) is 7.53. The highest BCUT2D eigenvalue weighted by Crippen LogP contribution is 2.14. The second kappa shape index (κ2) is 19.1.